The van der Waals surface area contributed by atoms with Gasteiger partial charge in [-0.15, -0.1) is 0 Å². The molecule has 0 unspecified atom stereocenters. The quantitative estimate of drug-likeness (QED) is 0.687. The van der Waals surface area contributed by atoms with Crippen molar-refractivity contribution in [1.82, 2.24) is 4.90 Å². The summed E-state index contributed by atoms with van der Waals surface area (Å²) in [6.07, 6.45) is 2.29. The third-order valence-corrected chi connectivity index (χ3v) is 2.31. The Hall–Kier alpha value is -1.35. The van der Waals surface area contributed by atoms with E-state index in [4.69, 9.17) is 4.74 Å². The summed E-state index contributed by atoms with van der Waals surface area (Å²) in [6, 6.07) is 6.15. The molecule has 0 saturated carbocycles. The topological polar surface area (TPSA) is 29.5 Å². The second-order valence-electron chi connectivity index (χ2n) is 4.13. The number of benzene rings is 1. The van der Waals surface area contributed by atoms with E-state index in [1.165, 1.54) is 5.56 Å². The minimum absolute atomic E-state index is 0.564. The lowest BCUT2D eigenvalue weighted by Gasteiger charge is -2.12. The lowest BCUT2D eigenvalue weighted by Crippen LogP contribution is -2.11. The fourth-order valence-corrected chi connectivity index (χ4v) is 1.67. The van der Waals surface area contributed by atoms with Crippen molar-refractivity contribution in [3.63, 3.8) is 0 Å². The normalized spacial score (nSPS) is 10.5. The van der Waals surface area contributed by atoms with Gasteiger partial charge in [0.25, 0.3) is 0 Å². The number of rotatable bonds is 6. The van der Waals surface area contributed by atoms with Gasteiger partial charge in [0.15, 0.2) is 0 Å². The Kier molecular flexibility index (Phi) is 4.99. The smallest absolute Gasteiger partial charge is 0.120 e. The fraction of sp³-hybridized carbons (Fsp3) is 0.462. The molecule has 0 radical (unpaired) electrons. The zero-order valence-corrected chi connectivity index (χ0v) is 10.2. The molecule has 1 rings (SSSR count). The first-order chi connectivity index (χ1) is 7.65. The fourth-order valence-electron chi connectivity index (χ4n) is 1.67. The SMILES string of the molecule is COc1cc(CCC=O)cc(CN(C)C)c1. The lowest BCUT2D eigenvalue weighted by molar-refractivity contribution is -0.107. The van der Waals surface area contributed by atoms with Crippen LogP contribution in [0.25, 0.3) is 0 Å². The first-order valence-corrected chi connectivity index (χ1v) is 5.41. The van der Waals surface area contributed by atoms with Crippen LogP contribution in [-0.4, -0.2) is 32.4 Å². The first-order valence-electron chi connectivity index (χ1n) is 5.41. The predicted octanol–water partition coefficient (Wildman–Crippen LogP) is 1.89. The Labute approximate surface area is 97.0 Å². The standard InChI is InChI=1S/C13H19NO2/c1-14(2)10-12-7-11(5-4-6-15)8-13(9-12)16-3/h6-9H,4-5,10H2,1-3H3. The van der Waals surface area contributed by atoms with Crippen molar-refractivity contribution in [1.29, 1.82) is 0 Å². The second kappa shape index (κ2) is 6.28. The maximum absolute atomic E-state index is 10.4. The molecule has 1 aromatic carbocycles. The van der Waals surface area contributed by atoms with Crippen LogP contribution >= 0.6 is 0 Å². The maximum atomic E-state index is 10.4. The zero-order valence-electron chi connectivity index (χ0n) is 10.2. The minimum atomic E-state index is 0.564. The van der Waals surface area contributed by atoms with Crippen LogP contribution in [0.4, 0.5) is 0 Å². The molecular formula is C13H19NO2. The van der Waals surface area contributed by atoms with Gasteiger partial charge in [-0.05, 0) is 43.8 Å². The van der Waals surface area contributed by atoms with Gasteiger partial charge in [0.05, 0.1) is 7.11 Å². The van der Waals surface area contributed by atoms with Crippen LogP contribution in [-0.2, 0) is 17.8 Å². The molecule has 0 spiro atoms. The summed E-state index contributed by atoms with van der Waals surface area (Å²) in [5, 5.41) is 0. The third kappa shape index (κ3) is 4.03. The van der Waals surface area contributed by atoms with E-state index < -0.39 is 0 Å². The predicted molar refractivity (Wildman–Crippen MR) is 64.8 cm³/mol. The molecule has 0 saturated heterocycles. The van der Waals surface area contributed by atoms with E-state index in [0.29, 0.717) is 6.42 Å². The van der Waals surface area contributed by atoms with Crippen LogP contribution in [0.1, 0.15) is 17.5 Å². The van der Waals surface area contributed by atoms with Gasteiger partial charge in [-0.2, -0.15) is 0 Å². The number of aldehydes is 1. The summed E-state index contributed by atoms with van der Waals surface area (Å²) in [4.78, 5) is 12.5. The molecule has 0 bridgehead atoms. The highest BCUT2D eigenvalue weighted by molar-refractivity contribution is 5.50. The number of carbonyl (C=O) groups is 1. The van der Waals surface area contributed by atoms with Crippen LogP contribution in [0, 0.1) is 0 Å². The molecule has 0 amide bonds. The molecule has 0 atom stereocenters. The van der Waals surface area contributed by atoms with Gasteiger partial charge in [-0.1, -0.05) is 6.07 Å². The van der Waals surface area contributed by atoms with Gasteiger partial charge < -0.3 is 14.4 Å². The highest BCUT2D eigenvalue weighted by Gasteiger charge is 2.02. The molecule has 0 N–H and O–H groups in total. The van der Waals surface area contributed by atoms with Gasteiger partial charge in [0.2, 0.25) is 0 Å². The van der Waals surface area contributed by atoms with Crippen molar-refractivity contribution in [2.24, 2.45) is 0 Å². The van der Waals surface area contributed by atoms with Gasteiger partial charge >= 0.3 is 0 Å². The van der Waals surface area contributed by atoms with Gasteiger partial charge in [0.1, 0.15) is 12.0 Å². The summed E-state index contributed by atoms with van der Waals surface area (Å²) in [6.45, 7) is 0.880. The molecule has 3 nitrogen and oxygen atoms in total. The van der Waals surface area contributed by atoms with E-state index in [1.807, 2.05) is 26.2 Å². The van der Waals surface area contributed by atoms with Crippen LogP contribution < -0.4 is 4.74 Å². The van der Waals surface area contributed by atoms with E-state index in [0.717, 1.165) is 30.6 Å². The molecule has 0 heterocycles. The van der Waals surface area contributed by atoms with Crippen LogP contribution in [0.5, 0.6) is 5.75 Å². The highest BCUT2D eigenvalue weighted by atomic mass is 16.5. The van der Waals surface area contributed by atoms with Crippen molar-refractivity contribution in [3.8, 4) is 5.75 Å². The van der Waals surface area contributed by atoms with E-state index in [9.17, 15) is 4.79 Å². The molecular weight excluding hydrogens is 202 g/mol. The summed E-state index contributed by atoms with van der Waals surface area (Å²) < 4.78 is 5.25. The van der Waals surface area contributed by atoms with Gasteiger partial charge in [0, 0.05) is 13.0 Å². The molecule has 0 aromatic heterocycles. The van der Waals surface area contributed by atoms with Crippen molar-refractivity contribution >= 4 is 6.29 Å². The van der Waals surface area contributed by atoms with Crippen LogP contribution in [0.3, 0.4) is 0 Å². The van der Waals surface area contributed by atoms with Crippen LogP contribution in [0.15, 0.2) is 18.2 Å². The number of carbonyl (C=O) groups excluding carboxylic acids is 1. The average molecular weight is 221 g/mol. The van der Waals surface area contributed by atoms with Crippen molar-refractivity contribution in [2.75, 3.05) is 21.2 Å². The van der Waals surface area contributed by atoms with Crippen molar-refractivity contribution < 1.29 is 9.53 Å². The number of nitrogens with zero attached hydrogens (tertiary/aromatic N) is 1. The summed E-state index contributed by atoms with van der Waals surface area (Å²) in [5.74, 6) is 0.861. The average Bonchev–Trinajstić information content (AvgIpc) is 2.25. The number of hydrogen-bond acceptors (Lipinski definition) is 3. The molecule has 3 heteroatoms. The molecule has 0 aliphatic rings. The van der Waals surface area contributed by atoms with Gasteiger partial charge in [-0.3, -0.25) is 0 Å². The first kappa shape index (κ1) is 12.7. The Morgan fingerprint density at radius 3 is 2.50 bits per heavy atom. The maximum Gasteiger partial charge on any atom is 0.120 e. The third-order valence-electron chi connectivity index (χ3n) is 2.31. The summed E-state index contributed by atoms with van der Waals surface area (Å²) in [7, 11) is 5.73. The molecule has 0 aliphatic heterocycles. The Morgan fingerprint density at radius 2 is 1.94 bits per heavy atom. The molecule has 0 fully saturated rings. The molecule has 0 aliphatic carbocycles. The highest BCUT2D eigenvalue weighted by Crippen LogP contribution is 2.18. The van der Waals surface area contributed by atoms with Crippen molar-refractivity contribution in [2.45, 2.75) is 19.4 Å². The Bertz CT molecular complexity index is 348. The number of methoxy groups -OCH3 is 1. The van der Waals surface area contributed by atoms with E-state index in [2.05, 4.69) is 11.0 Å². The Balaban J connectivity index is 2.86. The summed E-state index contributed by atoms with van der Waals surface area (Å²) >= 11 is 0. The largest absolute Gasteiger partial charge is 0.497 e. The molecule has 88 valence electrons. The molecule has 1 aromatic rings. The van der Waals surface area contributed by atoms with Crippen molar-refractivity contribution in [3.05, 3.63) is 29.3 Å². The van der Waals surface area contributed by atoms with E-state index in [1.54, 1.807) is 7.11 Å². The van der Waals surface area contributed by atoms with Gasteiger partial charge in [-0.25, -0.2) is 0 Å². The Morgan fingerprint density at radius 1 is 1.25 bits per heavy atom. The zero-order chi connectivity index (χ0) is 12.0. The number of aryl methyl sites for hydroxylation is 1. The monoisotopic (exact) mass is 221 g/mol. The number of ether oxygens (including phenoxy) is 1. The lowest BCUT2D eigenvalue weighted by atomic mass is 10.1. The van der Waals surface area contributed by atoms with Crippen LogP contribution in [0.2, 0.25) is 0 Å². The second-order valence-corrected chi connectivity index (χ2v) is 4.13. The molecule has 16 heavy (non-hydrogen) atoms. The van der Waals surface area contributed by atoms with E-state index in [-0.39, 0.29) is 0 Å². The number of hydrogen-bond donors (Lipinski definition) is 0. The van der Waals surface area contributed by atoms with E-state index >= 15 is 0 Å². The minimum Gasteiger partial charge on any atom is -0.497 e. The summed E-state index contributed by atoms with van der Waals surface area (Å²) in [5.41, 5.74) is 2.37.